The number of allylic oxidation sites excluding steroid dienone is 3. The fourth-order valence-corrected chi connectivity index (χ4v) is 7.11. The summed E-state index contributed by atoms with van der Waals surface area (Å²) < 4.78 is 0. The molecule has 2 atom stereocenters. The third-order valence-corrected chi connectivity index (χ3v) is 10.7. The summed E-state index contributed by atoms with van der Waals surface area (Å²) in [5, 5.41) is 23.0. The van der Waals surface area contributed by atoms with Crippen molar-refractivity contribution in [2.75, 3.05) is 6.61 Å². The summed E-state index contributed by atoms with van der Waals surface area (Å²) in [6, 6.07) is -0.622. The molecule has 0 saturated heterocycles. The summed E-state index contributed by atoms with van der Waals surface area (Å²) >= 11 is 0. The molecular weight excluding hydrogens is 627 g/mol. The molecule has 0 bridgehead atoms. The van der Waals surface area contributed by atoms with Gasteiger partial charge >= 0.3 is 0 Å². The summed E-state index contributed by atoms with van der Waals surface area (Å²) in [4.78, 5) is 12.4. The van der Waals surface area contributed by atoms with Crippen LogP contribution in [-0.2, 0) is 4.79 Å². The van der Waals surface area contributed by atoms with E-state index in [1.807, 2.05) is 6.08 Å². The van der Waals surface area contributed by atoms with Crippen LogP contribution < -0.4 is 5.32 Å². The molecule has 51 heavy (non-hydrogen) atoms. The maximum Gasteiger partial charge on any atom is 0.220 e. The molecule has 0 aromatic heterocycles. The van der Waals surface area contributed by atoms with Crippen molar-refractivity contribution in [3.05, 3.63) is 24.3 Å². The molecule has 0 fully saturated rings. The molecule has 0 radical (unpaired) electrons. The minimum absolute atomic E-state index is 0.0660. The Hall–Kier alpha value is -1.13. The maximum atomic E-state index is 12.4. The fourth-order valence-electron chi connectivity index (χ4n) is 7.11. The van der Waals surface area contributed by atoms with Gasteiger partial charge in [-0.3, -0.25) is 4.79 Å². The lowest BCUT2D eigenvalue weighted by Gasteiger charge is -2.20. The van der Waals surface area contributed by atoms with E-state index in [1.165, 1.54) is 205 Å². The van der Waals surface area contributed by atoms with Gasteiger partial charge in [-0.15, -0.1) is 0 Å². The highest BCUT2D eigenvalue weighted by Gasteiger charge is 2.17. The lowest BCUT2D eigenvalue weighted by molar-refractivity contribution is -0.123. The minimum Gasteiger partial charge on any atom is -0.394 e. The second-order valence-corrected chi connectivity index (χ2v) is 15.8. The smallest absolute Gasteiger partial charge is 0.220 e. The molecule has 0 heterocycles. The van der Waals surface area contributed by atoms with Crippen LogP contribution in [0, 0.1) is 0 Å². The van der Waals surface area contributed by atoms with E-state index in [9.17, 15) is 15.0 Å². The number of hydrogen-bond donors (Lipinski definition) is 3. The summed E-state index contributed by atoms with van der Waals surface area (Å²) in [5.41, 5.74) is 0. The Morgan fingerprint density at radius 2 is 0.745 bits per heavy atom. The van der Waals surface area contributed by atoms with E-state index in [4.69, 9.17) is 0 Å². The van der Waals surface area contributed by atoms with Gasteiger partial charge < -0.3 is 15.5 Å². The van der Waals surface area contributed by atoms with Crippen LogP contribution in [-0.4, -0.2) is 34.9 Å². The molecule has 2 unspecified atom stereocenters. The summed E-state index contributed by atoms with van der Waals surface area (Å²) in [6.45, 7) is 4.32. The first-order valence-corrected chi connectivity index (χ1v) is 23.1. The zero-order valence-electron chi connectivity index (χ0n) is 34.6. The Kier molecular flexibility index (Phi) is 42.3. The van der Waals surface area contributed by atoms with Gasteiger partial charge in [-0.1, -0.05) is 224 Å². The van der Waals surface area contributed by atoms with Crippen LogP contribution in [0.2, 0.25) is 0 Å². The summed E-state index contributed by atoms with van der Waals surface area (Å²) in [5.74, 6) is -0.0660. The lowest BCUT2D eigenvalue weighted by Crippen LogP contribution is -2.45. The quantitative estimate of drug-likeness (QED) is 0.0435. The van der Waals surface area contributed by atoms with Crippen LogP contribution in [0.25, 0.3) is 0 Å². The molecule has 3 N–H and O–H groups in total. The highest BCUT2D eigenvalue weighted by Crippen LogP contribution is 2.15. The van der Waals surface area contributed by atoms with Gasteiger partial charge in [-0.25, -0.2) is 0 Å². The predicted molar refractivity (Wildman–Crippen MR) is 225 cm³/mol. The molecule has 302 valence electrons. The molecule has 0 aromatic carbocycles. The van der Waals surface area contributed by atoms with E-state index in [0.29, 0.717) is 6.42 Å². The lowest BCUT2D eigenvalue weighted by atomic mass is 10.0. The number of aliphatic hydroxyl groups is 2. The Morgan fingerprint density at radius 1 is 0.451 bits per heavy atom. The first kappa shape index (κ1) is 49.9. The van der Waals surface area contributed by atoms with E-state index < -0.39 is 12.1 Å². The molecule has 4 nitrogen and oxygen atoms in total. The van der Waals surface area contributed by atoms with Gasteiger partial charge in [-0.2, -0.15) is 0 Å². The number of aliphatic hydroxyl groups excluding tert-OH is 2. The molecule has 0 aliphatic carbocycles. The van der Waals surface area contributed by atoms with Gasteiger partial charge in [0, 0.05) is 6.42 Å². The maximum absolute atomic E-state index is 12.4. The monoisotopic (exact) mass is 718 g/mol. The zero-order chi connectivity index (χ0) is 37.1. The van der Waals surface area contributed by atoms with Gasteiger partial charge in [-0.05, 0) is 44.9 Å². The summed E-state index contributed by atoms with van der Waals surface area (Å²) in [6.07, 6.45) is 55.8. The average molecular weight is 718 g/mol. The number of hydrogen-bond acceptors (Lipinski definition) is 3. The Labute approximate surface area is 319 Å². The Morgan fingerprint density at radius 3 is 1.08 bits per heavy atom. The van der Waals surface area contributed by atoms with Crippen molar-refractivity contribution in [3.63, 3.8) is 0 Å². The molecule has 0 rings (SSSR count). The van der Waals surface area contributed by atoms with Crippen molar-refractivity contribution >= 4 is 5.91 Å². The zero-order valence-corrected chi connectivity index (χ0v) is 34.6. The normalized spacial score (nSPS) is 13.1. The van der Waals surface area contributed by atoms with Gasteiger partial charge in [0.15, 0.2) is 0 Å². The van der Waals surface area contributed by atoms with E-state index in [2.05, 4.69) is 31.3 Å². The average Bonchev–Trinajstić information content (AvgIpc) is 3.13. The van der Waals surface area contributed by atoms with Crippen molar-refractivity contribution < 1.29 is 15.0 Å². The van der Waals surface area contributed by atoms with Crippen molar-refractivity contribution in [3.8, 4) is 0 Å². The van der Waals surface area contributed by atoms with Crippen molar-refractivity contribution in [1.82, 2.24) is 5.32 Å². The number of nitrogens with one attached hydrogen (secondary N) is 1. The number of carbonyl (C=O) groups excluding carboxylic acids is 1. The third kappa shape index (κ3) is 39.9. The SMILES string of the molecule is CCCCCCCCCCCCCC/C=C\CCCCCCCCCC(=O)NC(CO)C(O)/C=C/CCCCCCCCCCCCCCCC. The second-order valence-electron chi connectivity index (χ2n) is 15.8. The highest BCUT2D eigenvalue weighted by atomic mass is 16.3. The molecule has 0 aliphatic rings. The molecule has 1 amide bonds. The molecule has 0 aliphatic heterocycles. The van der Waals surface area contributed by atoms with Crippen LogP contribution in [0.4, 0.5) is 0 Å². The van der Waals surface area contributed by atoms with Gasteiger partial charge in [0.05, 0.1) is 18.8 Å². The van der Waals surface area contributed by atoms with Gasteiger partial charge in [0.2, 0.25) is 5.91 Å². The van der Waals surface area contributed by atoms with Crippen LogP contribution >= 0.6 is 0 Å². The van der Waals surface area contributed by atoms with Gasteiger partial charge in [0.1, 0.15) is 0 Å². The number of rotatable bonds is 42. The molecule has 0 aromatic rings. The van der Waals surface area contributed by atoms with Crippen LogP contribution in [0.1, 0.15) is 251 Å². The van der Waals surface area contributed by atoms with Crippen LogP contribution in [0.5, 0.6) is 0 Å². The first-order valence-electron chi connectivity index (χ1n) is 23.1. The Balaban J connectivity index is 3.53. The van der Waals surface area contributed by atoms with E-state index in [1.54, 1.807) is 6.08 Å². The van der Waals surface area contributed by atoms with E-state index in [0.717, 1.165) is 25.7 Å². The van der Waals surface area contributed by atoms with E-state index in [-0.39, 0.29) is 12.5 Å². The molecular formula is C47H91NO3. The number of amides is 1. The number of carbonyl (C=O) groups is 1. The fraction of sp³-hybridized carbons (Fsp3) is 0.894. The highest BCUT2D eigenvalue weighted by molar-refractivity contribution is 5.76. The minimum atomic E-state index is -0.838. The third-order valence-electron chi connectivity index (χ3n) is 10.7. The van der Waals surface area contributed by atoms with E-state index >= 15 is 0 Å². The standard InChI is InChI=1S/C47H91NO3/c1-3-5-7-9-11-13-15-17-19-21-22-23-24-25-26-27-29-31-33-35-37-39-41-43-47(51)48-45(44-49)46(50)42-40-38-36-34-32-30-28-20-18-16-14-12-10-8-6-4-2/h25-26,40,42,45-46,49-50H,3-24,27-39,41,43-44H2,1-2H3,(H,48,51)/b26-25-,42-40+. The van der Waals surface area contributed by atoms with Crippen LogP contribution in [0.3, 0.4) is 0 Å². The van der Waals surface area contributed by atoms with Crippen LogP contribution in [0.15, 0.2) is 24.3 Å². The first-order chi connectivity index (χ1) is 25.2. The number of unbranched alkanes of at least 4 members (excludes halogenated alkanes) is 33. The summed E-state index contributed by atoms with van der Waals surface area (Å²) in [7, 11) is 0. The predicted octanol–water partition coefficient (Wildman–Crippen LogP) is 14.4. The van der Waals surface area contributed by atoms with Crippen molar-refractivity contribution in [2.24, 2.45) is 0 Å². The molecule has 0 spiro atoms. The Bertz CT molecular complexity index is 735. The van der Waals surface area contributed by atoms with Gasteiger partial charge in [0.25, 0.3) is 0 Å². The second kappa shape index (κ2) is 43.3. The molecule has 0 saturated carbocycles. The largest absolute Gasteiger partial charge is 0.394 e. The topological polar surface area (TPSA) is 69.6 Å². The molecule has 4 heteroatoms. The van der Waals surface area contributed by atoms with Crippen molar-refractivity contribution in [2.45, 2.75) is 264 Å². The van der Waals surface area contributed by atoms with Crippen molar-refractivity contribution in [1.29, 1.82) is 0 Å².